The lowest BCUT2D eigenvalue weighted by atomic mass is 10.2. The van der Waals surface area contributed by atoms with Crippen LogP contribution in [0.1, 0.15) is 17.5 Å². The van der Waals surface area contributed by atoms with Crippen molar-refractivity contribution in [1.29, 1.82) is 0 Å². The van der Waals surface area contributed by atoms with Gasteiger partial charge < -0.3 is 10.2 Å². The van der Waals surface area contributed by atoms with Crippen molar-refractivity contribution < 1.29 is 4.79 Å². The summed E-state index contributed by atoms with van der Waals surface area (Å²) >= 11 is 5.19. The molecule has 6 heteroatoms. The third-order valence-corrected chi connectivity index (χ3v) is 5.50. The number of carbonyl (C=O) groups excluding carboxylic acids is 1. The van der Waals surface area contributed by atoms with Crippen LogP contribution in [0.3, 0.4) is 0 Å². The van der Waals surface area contributed by atoms with E-state index in [1.807, 2.05) is 4.90 Å². The van der Waals surface area contributed by atoms with Crippen molar-refractivity contribution in [3.05, 3.63) is 27.7 Å². The van der Waals surface area contributed by atoms with Gasteiger partial charge in [-0.25, -0.2) is 0 Å². The van der Waals surface area contributed by atoms with Gasteiger partial charge in [-0.05, 0) is 50.1 Å². The highest BCUT2D eigenvalue weighted by Gasteiger charge is 2.15. The molecule has 0 aliphatic carbocycles. The number of carbonyl (C=O) groups is 1. The number of thioether (sulfide) groups is 1. The van der Waals surface area contributed by atoms with Crippen molar-refractivity contribution >= 4 is 46.0 Å². The third kappa shape index (κ3) is 5.47. The average Bonchev–Trinajstić information content (AvgIpc) is 2.70. The zero-order valence-corrected chi connectivity index (χ0v) is 15.7. The van der Waals surface area contributed by atoms with E-state index in [0.29, 0.717) is 5.75 Å². The summed E-state index contributed by atoms with van der Waals surface area (Å²) in [6, 6.07) is 4.28. The SMILES string of the molecule is Cc1cc(SCC(=O)N2CCCNCC2)c(C)cc1Br.Cl. The second-order valence-corrected chi connectivity index (χ2v) is 7.01. The van der Waals surface area contributed by atoms with Crippen LogP contribution in [0.5, 0.6) is 0 Å². The van der Waals surface area contributed by atoms with E-state index >= 15 is 0 Å². The lowest BCUT2D eigenvalue weighted by Crippen LogP contribution is -2.35. The Hall–Kier alpha value is -0.230. The van der Waals surface area contributed by atoms with Gasteiger partial charge in [0, 0.05) is 29.0 Å². The smallest absolute Gasteiger partial charge is 0.232 e. The lowest BCUT2D eigenvalue weighted by molar-refractivity contribution is -0.128. The van der Waals surface area contributed by atoms with Crippen LogP contribution in [-0.2, 0) is 4.79 Å². The topological polar surface area (TPSA) is 32.3 Å². The normalized spacial score (nSPS) is 15.3. The molecule has 0 radical (unpaired) electrons. The summed E-state index contributed by atoms with van der Waals surface area (Å²) < 4.78 is 1.13. The number of amides is 1. The molecule has 0 unspecified atom stereocenters. The fourth-order valence-corrected chi connectivity index (χ4v) is 3.70. The zero-order valence-electron chi connectivity index (χ0n) is 12.4. The van der Waals surface area contributed by atoms with Crippen LogP contribution in [0.2, 0.25) is 0 Å². The summed E-state index contributed by atoms with van der Waals surface area (Å²) in [7, 11) is 0. The molecule has 0 aromatic heterocycles. The highest BCUT2D eigenvalue weighted by molar-refractivity contribution is 9.10. The fourth-order valence-electron chi connectivity index (χ4n) is 2.24. The summed E-state index contributed by atoms with van der Waals surface area (Å²) in [5.41, 5.74) is 2.43. The maximum absolute atomic E-state index is 12.3. The van der Waals surface area contributed by atoms with Crippen LogP contribution >= 0.6 is 40.1 Å². The average molecular weight is 394 g/mol. The van der Waals surface area contributed by atoms with E-state index in [4.69, 9.17) is 0 Å². The van der Waals surface area contributed by atoms with E-state index in [1.54, 1.807) is 11.8 Å². The van der Waals surface area contributed by atoms with E-state index in [0.717, 1.165) is 37.1 Å². The zero-order chi connectivity index (χ0) is 14.5. The first-order chi connectivity index (χ1) is 9.58. The number of hydrogen-bond donors (Lipinski definition) is 1. The first-order valence-corrected chi connectivity index (χ1v) is 8.74. The molecule has 1 aromatic carbocycles. The molecule has 3 nitrogen and oxygen atoms in total. The largest absolute Gasteiger partial charge is 0.341 e. The number of rotatable bonds is 3. The van der Waals surface area contributed by atoms with E-state index in [2.05, 4.69) is 47.2 Å². The number of benzene rings is 1. The summed E-state index contributed by atoms with van der Waals surface area (Å²) in [4.78, 5) is 15.4. The van der Waals surface area contributed by atoms with E-state index in [1.165, 1.54) is 16.0 Å². The molecule has 0 saturated carbocycles. The first kappa shape index (κ1) is 18.8. The minimum Gasteiger partial charge on any atom is -0.341 e. The minimum atomic E-state index is 0. The highest BCUT2D eigenvalue weighted by Crippen LogP contribution is 2.28. The van der Waals surface area contributed by atoms with Gasteiger partial charge in [0.1, 0.15) is 0 Å². The van der Waals surface area contributed by atoms with Crippen LogP contribution < -0.4 is 5.32 Å². The second kappa shape index (κ2) is 9.03. The summed E-state index contributed by atoms with van der Waals surface area (Å²) in [5.74, 6) is 0.778. The van der Waals surface area contributed by atoms with E-state index in [-0.39, 0.29) is 18.3 Å². The molecule has 1 saturated heterocycles. The molecule has 2 rings (SSSR count). The Balaban J connectivity index is 0.00000220. The van der Waals surface area contributed by atoms with Gasteiger partial charge in [0.2, 0.25) is 5.91 Å². The van der Waals surface area contributed by atoms with Crippen molar-refractivity contribution in [2.24, 2.45) is 0 Å². The standard InChI is InChI=1S/C15H21BrN2OS.ClH/c1-11-9-14(12(2)8-13(11)16)20-10-15(19)18-6-3-4-17-5-7-18;/h8-9,17H,3-7,10H2,1-2H3;1H. The number of aryl methyl sites for hydroxylation is 2. The molecular weight excluding hydrogens is 372 g/mol. The molecular formula is C15H22BrClN2OS. The fraction of sp³-hybridized carbons (Fsp3) is 0.533. The van der Waals surface area contributed by atoms with Gasteiger partial charge in [-0.15, -0.1) is 24.2 Å². The first-order valence-electron chi connectivity index (χ1n) is 6.96. The molecule has 118 valence electrons. The van der Waals surface area contributed by atoms with Crippen LogP contribution in [0.25, 0.3) is 0 Å². The van der Waals surface area contributed by atoms with Crippen molar-refractivity contribution in [1.82, 2.24) is 10.2 Å². The molecule has 0 atom stereocenters. The molecule has 21 heavy (non-hydrogen) atoms. The number of hydrogen-bond acceptors (Lipinski definition) is 3. The Bertz CT molecular complexity index is 491. The van der Waals surface area contributed by atoms with Gasteiger partial charge in [-0.3, -0.25) is 4.79 Å². The number of nitrogens with zero attached hydrogens (tertiary/aromatic N) is 1. The monoisotopic (exact) mass is 392 g/mol. The van der Waals surface area contributed by atoms with Crippen LogP contribution in [0, 0.1) is 13.8 Å². The Morgan fingerprint density at radius 1 is 1.29 bits per heavy atom. The Morgan fingerprint density at radius 3 is 2.81 bits per heavy atom. The number of nitrogens with one attached hydrogen (secondary N) is 1. The lowest BCUT2D eigenvalue weighted by Gasteiger charge is -2.20. The summed E-state index contributed by atoms with van der Waals surface area (Å²) in [6.07, 6.45) is 1.05. The number of halogens is 2. The molecule has 0 bridgehead atoms. The van der Waals surface area contributed by atoms with Crippen LogP contribution in [-0.4, -0.2) is 42.7 Å². The Labute approximate surface area is 145 Å². The minimum absolute atomic E-state index is 0. The molecule has 0 spiro atoms. The maximum atomic E-state index is 12.3. The Morgan fingerprint density at radius 2 is 2.05 bits per heavy atom. The molecule has 1 fully saturated rings. The molecule has 1 aliphatic rings. The summed E-state index contributed by atoms with van der Waals surface area (Å²) in [6.45, 7) is 7.81. The maximum Gasteiger partial charge on any atom is 0.232 e. The highest BCUT2D eigenvalue weighted by atomic mass is 79.9. The summed E-state index contributed by atoms with van der Waals surface area (Å²) in [5, 5.41) is 3.32. The van der Waals surface area contributed by atoms with Crippen molar-refractivity contribution in [2.75, 3.05) is 31.9 Å². The molecule has 1 heterocycles. The van der Waals surface area contributed by atoms with Gasteiger partial charge in [-0.2, -0.15) is 0 Å². The molecule has 1 aliphatic heterocycles. The Kier molecular flexibility index (Phi) is 8.09. The molecule has 1 aromatic rings. The second-order valence-electron chi connectivity index (χ2n) is 5.14. The quantitative estimate of drug-likeness (QED) is 0.799. The van der Waals surface area contributed by atoms with Crippen molar-refractivity contribution in [3.8, 4) is 0 Å². The van der Waals surface area contributed by atoms with Crippen LogP contribution in [0.15, 0.2) is 21.5 Å². The van der Waals surface area contributed by atoms with Crippen LogP contribution in [0.4, 0.5) is 0 Å². The van der Waals surface area contributed by atoms with Gasteiger partial charge in [0.05, 0.1) is 5.75 Å². The van der Waals surface area contributed by atoms with E-state index in [9.17, 15) is 4.79 Å². The van der Waals surface area contributed by atoms with Gasteiger partial charge in [0.25, 0.3) is 0 Å². The van der Waals surface area contributed by atoms with Gasteiger partial charge >= 0.3 is 0 Å². The molecule has 1 N–H and O–H groups in total. The molecule has 1 amide bonds. The van der Waals surface area contributed by atoms with Gasteiger partial charge in [-0.1, -0.05) is 15.9 Å². The van der Waals surface area contributed by atoms with E-state index < -0.39 is 0 Å². The van der Waals surface area contributed by atoms with Crippen molar-refractivity contribution in [2.45, 2.75) is 25.2 Å². The predicted octanol–water partition coefficient (Wildman–Crippen LogP) is 3.40. The third-order valence-electron chi connectivity index (χ3n) is 3.50. The predicted molar refractivity (Wildman–Crippen MR) is 95.7 cm³/mol. The van der Waals surface area contributed by atoms with Crippen molar-refractivity contribution in [3.63, 3.8) is 0 Å². The van der Waals surface area contributed by atoms with Gasteiger partial charge in [0.15, 0.2) is 0 Å².